The van der Waals surface area contributed by atoms with E-state index < -0.39 is 12.1 Å². The molecule has 0 saturated heterocycles. The van der Waals surface area contributed by atoms with Crippen LogP contribution in [0.4, 0.5) is 0 Å². The van der Waals surface area contributed by atoms with Gasteiger partial charge in [0.05, 0.1) is 12.6 Å². The summed E-state index contributed by atoms with van der Waals surface area (Å²) in [6, 6.07) is 6.29. The van der Waals surface area contributed by atoms with E-state index in [1.807, 2.05) is 38.1 Å². The van der Waals surface area contributed by atoms with Gasteiger partial charge in [-0.25, -0.2) is 0 Å². The first-order valence-electron chi connectivity index (χ1n) is 8.86. The number of carbonyl (C=O) groups excluding carboxylic acids is 2. The molecule has 1 aromatic carbocycles. The van der Waals surface area contributed by atoms with Crippen LogP contribution in [-0.4, -0.2) is 37.6 Å². The highest BCUT2D eigenvalue weighted by atomic mass is 16.5. The van der Waals surface area contributed by atoms with Crippen LogP contribution in [0.1, 0.15) is 39.2 Å². The molecule has 6 nitrogen and oxygen atoms in total. The summed E-state index contributed by atoms with van der Waals surface area (Å²) in [6.07, 6.45) is 1.92. The Kier molecular flexibility index (Phi) is 8.99. The lowest BCUT2D eigenvalue weighted by molar-refractivity contribution is -0.129. The normalized spacial score (nSPS) is 13.2. The maximum Gasteiger partial charge on any atom is 0.242 e. The summed E-state index contributed by atoms with van der Waals surface area (Å²) < 4.78 is 5.55. The highest BCUT2D eigenvalue weighted by molar-refractivity contribution is 5.89. The van der Waals surface area contributed by atoms with Gasteiger partial charge in [-0.15, -0.1) is 0 Å². The number of hydrogen-bond donors (Lipinski definition) is 3. The quantitative estimate of drug-likeness (QED) is 0.598. The Hall–Kier alpha value is -2.08. The molecule has 0 radical (unpaired) electrons. The number of likely N-dealkylation sites (N-methyl/N-ethyl adjacent to an activating group) is 1. The van der Waals surface area contributed by atoms with Gasteiger partial charge in [0.25, 0.3) is 0 Å². The van der Waals surface area contributed by atoms with E-state index in [2.05, 4.69) is 17.6 Å². The summed E-state index contributed by atoms with van der Waals surface area (Å²) in [5.74, 6) is 0.571. The molecule has 140 valence electrons. The molecule has 1 rings (SSSR count). The van der Waals surface area contributed by atoms with Gasteiger partial charge in [-0.05, 0) is 36.5 Å². The van der Waals surface area contributed by atoms with E-state index in [1.165, 1.54) is 0 Å². The topological polar surface area (TPSA) is 93.4 Å². The Balaban J connectivity index is 2.72. The fourth-order valence-electron chi connectivity index (χ4n) is 2.45. The lowest BCUT2D eigenvalue weighted by atomic mass is 10.0. The zero-order chi connectivity index (χ0) is 18.8. The van der Waals surface area contributed by atoms with E-state index in [4.69, 9.17) is 10.5 Å². The number of nitrogens with one attached hydrogen (secondary N) is 2. The molecule has 0 aliphatic heterocycles. The van der Waals surface area contributed by atoms with Gasteiger partial charge < -0.3 is 21.1 Å². The van der Waals surface area contributed by atoms with Gasteiger partial charge >= 0.3 is 0 Å². The number of carbonyl (C=O) groups is 2. The molecule has 0 heterocycles. The molecule has 6 heteroatoms. The summed E-state index contributed by atoms with van der Waals surface area (Å²) >= 11 is 0. The van der Waals surface area contributed by atoms with E-state index in [-0.39, 0.29) is 11.8 Å². The first-order chi connectivity index (χ1) is 11.9. The predicted molar refractivity (Wildman–Crippen MR) is 99.4 cm³/mol. The largest absolute Gasteiger partial charge is 0.494 e. The molecular formula is C19H31N3O3. The molecule has 0 bridgehead atoms. The van der Waals surface area contributed by atoms with Gasteiger partial charge in [0.2, 0.25) is 11.8 Å². The molecular weight excluding hydrogens is 318 g/mol. The van der Waals surface area contributed by atoms with Gasteiger partial charge in [0.1, 0.15) is 11.8 Å². The molecule has 0 aromatic heterocycles. The first-order valence-corrected chi connectivity index (χ1v) is 8.86. The summed E-state index contributed by atoms with van der Waals surface area (Å²) in [5, 5.41) is 5.35. The van der Waals surface area contributed by atoms with Crippen molar-refractivity contribution in [1.82, 2.24) is 10.6 Å². The van der Waals surface area contributed by atoms with Crippen molar-refractivity contribution in [2.45, 2.75) is 52.1 Å². The van der Waals surface area contributed by atoms with Crippen LogP contribution in [0.5, 0.6) is 5.75 Å². The fraction of sp³-hybridized carbons (Fsp3) is 0.579. The van der Waals surface area contributed by atoms with E-state index in [1.54, 1.807) is 7.05 Å². The maximum atomic E-state index is 12.2. The minimum Gasteiger partial charge on any atom is -0.494 e. The summed E-state index contributed by atoms with van der Waals surface area (Å²) in [5.41, 5.74) is 6.85. The van der Waals surface area contributed by atoms with E-state index in [9.17, 15) is 9.59 Å². The van der Waals surface area contributed by atoms with Crippen LogP contribution in [0.15, 0.2) is 24.3 Å². The van der Waals surface area contributed by atoms with Crippen molar-refractivity contribution >= 4 is 11.8 Å². The second-order valence-corrected chi connectivity index (χ2v) is 6.61. The minimum absolute atomic E-state index is 0.239. The maximum absolute atomic E-state index is 12.2. The highest BCUT2D eigenvalue weighted by Gasteiger charge is 2.23. The van der Waals surface area contributed by atoms with Crippen LogP contribution in [0.3, 0.4) is 0 Å². The van der Waals surface area contributed by atoms with Gasteiger partial charge in [0.15, 0.2) is 0 Å². The highest BCUT2D eigenvalue weighted by Crippen LogP contribution is 2.14. The minimum atomic E-state index is -0.655. The smallest absolute Gasteiger partial charge is 0.242 e. The van der Waals surface area contributed by atoms with E-state index >= 15 is 0 Å². The number of hydrogen-bond acceptors (Lipinski definition) is 4. The molecule has 0 aliphatic rings. The first kappa shape index (κ1) is 21.0. The third kappa shape index (κ3) is 7.56. The van der Waals surface area contributed by atoms with E-state index in [0.717, 1.165) is 17.7 Å². The third-order valence-corrected chi connectivity index (χ3v) is 3.78. The van der Waals surface area contributed by atoms with Crippen molar-refractivity contribution in [1.29, 1.82) is 0 Å². The van der Waals surface area contributed by atoms with Crippen molar-refractivity contribution in [2.75, 3.05) is 13.7 Å². The standard InChI is InChI=1S/C19H31N3O3/c1-5-10-25-15-8-6-14(7-9-15)12-17(19(24)21-4)22-18(23)16(20)11-13(2)3/h6-9,13,16-17H,5,10-12,20H2,1-4H3,(H,21,24)(H,22,23)/t16-,17-/m0/s1. The average molecular weight is 349 g/mol. The number of benzene rings is 1. The average Bonchev–Trinajstić information content (AvgIpc) is 2.59. The Morgan fingerprint density at radius 3 is 2.32 bits per heavy atom. The number of amides is 2. The van der Waals surface area contributed by atoms with Crippen molar-refractivity contribution < 1.29 is 14.3 Å². The third-order valence-electron chi connectivity index (χ3n) is 3.78. The molecule has 0 unspecified atom stereocenters. The molecule has 25 heavy (non-hydrogen) atoms. The Bertz CT molecular complexity index is 543. The lowest BCUT2D eigenvalue weighted by Gasteiger charge is -2.21. The molecule has 2 atom stereocenters. The van der Waals surface area contributed by atoms with Crippen molar-refractivity contribution in [3.05, 3.63) is 29.8 Å². The predicted octanol–water partition coefficient (Wildman–Crippen LogP) is 1.62. The zero-order valence-corrected chi connectivity index (χ0v) is 15.7. The fourth-order valence-corrected chi connectivity index (χ4v) is 2.45. The second-order valence-electron chi connectivity index (χ2n) is 6.61. The number of nitrogens with two attached hydrogens (primary N) is 1. The molecule has 4 N–H and O–H groups in total. The Morgan fingerprint density at radius 2 is 1.80 bits per heavy atom. The van der Waals surface area contributed by atoms with Crippen LogP contribution in [0.2, 0.25) is 0 Å². The van der Waals surface area contributed by atoms with Crippen molar-refractivity contribution in [3.63, 3.8) is 0 Å². The van der Waals surface area contributed by atoms with Crippen molar-refractivity contribution in [3.8, 4) is 5.75 Å². The van der Waals surface area contributed by atoms with Crippen LogP contribution >= 0.6 is 0 Å². The van der Waals surface area contributed by atoms with Crippen LogP contribution < -0.4 is 21.1 Å². The zero-order valence-electron chi connectivity index (χ0n) is 15.7. The lowest BCUT2D eigenvalue weighted by Crippen LogP contribution is -2.52. The molecule has 0 spiro atoms. The van der Waals surface area contributed by atoms with E-state index in [0.29, 0.717) is 25.4 Å². The SMILES string of the molecule is CCCOc1ccc(C[C@H](NC(=O)[C@@H](N)CC(C)C)C(=O)NC)cc1. The van der Waals surface area contributed by atoms with Crippen LogP contribution in [0.25, 0.3) is 0 Å². The van der Waals surface area contributed by atoms with Gasteiger partial charge in [0, 0.05) is 13.5 Å². The molecule has 0 fully saturated rings. The Labute approximate surface area is 150 Å². The molecule has 0 aliphatic carbocycles. The second kappa shape index (κ2) is 10.7. The number of rotatable bonds is 10. The summed E-state index contributed by atoms with van der Waals surface area (Å²) in [4.78, 5) is 24.3. The van der Waals surface area contributed by atoms with Gasteiger partial charge in [-0.3, -0.25) is 9.59 Å². The molecule has 0 saturated carbocycles. The number of ether oxygens (including phenoxy) is 1. The molecule has 1 aromatic rings. The Morgan fingerprint density at radius 1 is 1.16 bits per heavy atom. The van der Waals surface area contributed by atoms with Gasteiger partial charge in [-0.1, -0.05) is 32.9 Å². The van der Waals surface area contributed by atoms with Crippen molar-refractivity contribution in [2.24, 2.45) is 11.7 Å². The monoisotopic (exact) mass is 349 g/mol. The van der Waals surface area contributed by atoms with Gasteiger partial charge in [-0.2, -0.15) is 0 Å². The van der Waals surface area contributed by atoms with Crippen LogP contribution in [0, 0.1) is 5.92 Å². The summed E-state index contributed by atoms with van der Waals surface area (Å²) in [7, 11) is 1.55. The molecule has 2 amide bonds. The van der Waals surface area contributed by atoms with Crippen LogP contribution in [-0.2, 0) is 16.0 Å². The summed E-state index contributed by atoms with van der Waals surface area (Å²) in [6.45, 7) is 6.73.